The third-order valence-corrected chi connectivity index (χ3v) is 4.59. The van der Waals surface area contributed by atoms with Gasteiger partial charge in [0.1, 0.15) is 0 Å². The van der Waals surface area contributed by atoms with E-state index in [0.29, 0.717) is 6.42 Å². The Kier molecular flexibility index (Phi) is 3.30. The van der Waals surface area contributed by atoms with E-state index >= 15 is 0 Å². The van der Waals surface area contributed by atoms with Gasteiger partial charge in [-0.25, -0.2) is 5.43 Å². The molecule has 0 saturated carbocycles. The van der Waals surface area contributed by atoms with Gasteiger partial charge < -0.3 is 5.43 Å². The molecule has 108 valence electrons. The number of benzene rings is 1. The van der Waals surface area contributed by atoms with Crippen molar-refractivity contribution < 1.29 is 13.2 Å². The first kappa shape index (κ1) is 13.9. The van der Waals surface area contributed by atoms with Crippen LogP contribution in [0.2, 0.25) is 0 Å². The van der Waals surface area contributed by atoms with E-state index in [1.807, 2.05) is 24.3 Å². The molecule has 2 aliphatic rings. The van der Waals surface area contributed by atoms with E-state index in [0.717, 1.165) is 17.5 Å². The number of fused-ring (bicyclic) bond motifs is 1. The van der Waals surface area contributed by atoms with Crippen LogP contribution >= 0.6 is 15.9 Å². The molecule has 20 heavy (non-hydrogen) atoms. The zero-order valence-electron chi connectivity index (χ0n) is 10.4. The average Bonchev–Trinajstić information content (AvgIpc) is 2.95. The van der Waals surface area contributed by atoms with Crippen LogP contribution in [0.5, 0.6) is 0 Å². The van der Waals surface area contributed by atoms with Crippen molar-refractivity contribution in [2.24, 2.45) is 0 Å². The molecule has 2 unspecified atom stereocenters. The predicted molar refractivity (Wildman–Crippen MR) is 72.7 cm³/mol. The zero-order valence-corrected chi connectivity index (χ0v) is 12.0. The van der Waals surface area contributed by atoms with Crippen LogP contribution in [-0.4, -0.2) is 11.8 Å². The fourth-order valence-electron chi connectivity index (χ4n) is 2.74. The molecule has 1 aromatic rings. The Bertz CT molecular complexity index is 558. The molecule has 7 heteroatoms. The van der Waals surface area contributed by atoms with Gasteiger partial charge in [-0.2, -0.15) is 13.2 Å². The normalized spacial score (nSPS) is 29.0. The van der Waals surface area contributed by atoms with Gasteiger partial charge in [0.25, 0.3) is 0 Å². The van der Waals surface area contributed by atoms with E-state index in [1.54, 1.807) is 0 Å². The van der Waals surface area contributed by atoms with Crippen molar-refractivity contribution in [3.05, 3.63) is 46.1 Å². The van der Waals surface area contributed by atoms with Gasteiger partial charge in [0.05, 0.1) is 4.48 Å². The van der Waals surface area contributed by atoms with E-state index in [-0.39, 0.29) is 10.5 Å². The molecule has 1 aliphatic carbocycles. The number of aryl methyl sites for hydroxylation is 1. The lowest BCUT2D eigenvalue weighted by molar-refractivity contribution is -0.194. The monoisotopic (exact) mass is 347 g/mol. The van der Waals surface area contributed by atoms with Crippen LogP contribution in [0.25, 0.3) is 0 Å². The van der Waals surface area contributed by atoms with Crippen LogP contribution in [0, 0.1) is 0 Å². The smallest absolute Gasteiger partial charge is 0.326 e. The highest BCUT2D eigenvalue weighted by atomic mass is 79.9. The molecule has 0 saturated heterocycles. The summed E-state index contributed by atoms with van der Waals surface area (Å²) in [7, 11) is 0. The van der Waals surface area contributed by atoms with Crippen LogP contribution in [0.1, 0.15) is 23.6 Å². The van der Waals surface area contributed by atoms with Crippen molar-refractivity contribution in [3.8, 4) is 0 Å². The largest absolute Gasteiger partial charge is 0.426 e. The molecular weight excluding hydrogens is 335 g/mol. The van der Waals surface area contributed by atoms with Crippen molar-refractivity contribution in [3.63, 3.8) is 0 Å². The number of alkyl halides is 3. The van der Waals surface area contributed by atoms with Crippen molar-refractivity contribution >= 4 is 15.9 Å². The first-order chi connectivity index (χ1) is 9.44. The Morgan fingerprint density at radius 2 is 2.05 bits per heavy atom. The van der Waals surface area contributed by atoms with E-state index < -0.39 is 11.8 Å². The number of hydrogen-bond acceptors (Lipinski definition) is 3. The van der Waals surface area contributed by atoms with Crippen LogP contribution in [0.15, 0.2) is 34.9 Å². The van der Waals surface area contributed by atoms with Gasteiger partial charge in [0, 0.05) is 12.2 Å². The zero-order chi connectivity index (χ0) is 14.4. The third-order valence-electron chi connectivity index (χ3n) is 3.77. The molecule has 2 atom stereocenters. The number of hydrogen-bond donors (Lipinski definition) is 3. The maximum atomic E-state index is 13.5. The van der Waals surface area contributed by atoms with Crippen molar-refractivity contribution in [1.29, 1.82) is 0 Å². The lowest BCUT2D eigenvalue weighted by Crippen LogP contribution is -2.66. The molecule has 0 spiro atoms. The van der Waals surface area contributed by atoms with Crippen LogP contribution in [-0.2, 0) is 6.42 Å². The molecule has 1 aromatic carbocycles. The molecule has 3 rings (SSSR count). The molecule has 3 N–H and O–H groups in total. The minimum absolute atomic E-state index is 0.00174. The topological polar surface area (TPSA) is 36.1 Å². The molecule has 1 aliphatic heterocycles. The summed E-state index contributed by atoms with van der Waals surface area (Å²) in [5.41, 5.74) is 4.48. The Labute approximate surface area is 122 Å². The lowest BCUT2D eigenvalue weighted by atomic mass is 10.0. The first-order valence-electron chi connectivity index (χ1n) is 6.25. The van der Waals surface area contributed by atoms with Crippen LogP contribution < -0.4 is 16.2 Å². The minimum Gasteiger partial charge on any atom is -0.326 e. The summed E-state index contributed by atoms with van der Waals surface area (Å²) in [6.45, 7) is 0. The summed E-state index contributed by atoms with van der Waals surface area (Å²) in [5.74, 6) is 0. The van der Waals surface area contributed by atoms with Gasteiger partial charge in [0.15, 0.2) is 0 Å². The van der Waals surface area contributed by atoms with Crippen LogP contribution in [0.3, 0.4) is 0 Å². The summed E-state index contributed by atoms with van der Waals surface area (Å²) in [6.07, 6.45) is -1.76. The predicted octanol–water partition coefficient (Wildman–Crippen LogP) is 2.87. The molecule has 1 heterocycles. The number of rotatable bonds is 2. The van der Waals surface area contributed by atoms with Crippen LogP contribution in [0.4, 0.5) is 13.2 Å². The molecule has 0 amide bonds. The third kappa shape index (κ3) is 2.04. The van der Waals surface area contributed by atoms with Crippen molar-refractivity contribution in [2.75, 3.05) is 0 Å². The SMILES string of the molecule is FC(F)(F)C1(NC2CCc3ccccc32)NNC=C1Br. The number of hydrazine groups is 1. The highest BCUT2D eigenvalue weighted by Gasteiger charge is 2.60. The second-order valence-corrected chi connectivity index (χ2v) is 5.80. The number of nitrogens with one attached hydrogen (secondary N) is 3. The Hall–Kier alpha value is -1.05. The summed E-state index contributed by atoms with van der Waals surface area (Å²) in [5, 5.41) is 2.72. The fourth-order valence-corrected chi connectivity index (χ4v) is 3.29. The molecular formula is C13H13BrF3N3. The van der Waals surface area contributed by atoms with Gasteiger partial charge in [-0.3, -0.25) is 5.32 Å². The summed E-state index contributed by atoms with van der Waals surface area (Å²) < 4.78 is 40.4. The quantitative estimate of drug-likeness (QED) is 0.769. The highest BCUT2D eigenvalue weighted by Crippen LogP contribution is 2.42. The van der Waals surface area contributed by atoms with E-state index in [1.165, 1.54) is 6.20 Å². The van der Waals surface area contributed by atoms with E-state index in [4.69, 9.17) is 0 Å². The molecule has 0 radical (unpaired) electrons. The second kappa shape index (κ2) is 4.75. The Morgan fingerprint density at radius 3 is 2.70 bits per heavy atom. The highest BCUT2D eigenvalue weighted by molar-refractivity contribution is 9.11. The minimum atomic E-state index is -4.47. The molecule has 0 bridgehead atoms. The molecule has 0 aromatic heterocycles. The van der Waals surface area contributed by atoms with Gasteiger partial charge >= 0.3 is 6.18 Å². The van der Waals surface area contributed by atoms with Crippen molar-refractivity contribution in [2.45, 2.75) is 30.7 Å². The maximum absolute atomic E-state index is 13.5. The standard InChI is InChI=1S/C13H13BrF3N3/c14-11-7-18-20-12(11,13(15,16)17)19-10-6-5-8-3-1-2-4-9(8)10/h1-4,7,10,18-20H,5-6H2. The Morgan fingerprint density at radius 1 is 1.30 bits per heavy atom. The summed E-state index contributed by atoms with van der Waals surface area (Å²) in [4.78, 5) is 0. The van der Waals surface area contributed by atoms with Gasteiger partial charge in [-0.05, 0) is 24.0 Å². The average molecular weight is 348 g/mol. The lowest BCUT2D eigenvalue weighted by Gasteiger charge is -2.35. The first-order valence-corrected chi connectivity index (χ1v) is 7.04. The van der Waals surface area contributed by atoms with Gasteiger partial charge in [-0.15, -0.1) is 0 Å². The van der Waals surface area contributed by atoms with Gasteiger partial charge in [0.2, 0.25) is 5.66 Å². The second-order valence-electron chi connectivity index (χ2n) is 4.94. The summed E-state index contributed by atoms with van der Waals surface area (Å²) in [6, 6.07) is 7.27. The van der Waals surface area contributed by atoms with E-state index in [2.05, 4.69) is 32.1 Å². The molecule has 3 nitrogen and oxygen atoms in total. The maximum Gasteiger partial charge on any atom is 0.426 e. The fraction of sp³-hybridized carbons (Fsp3) is 0.385. The van der Waals surface area contributed by atoms with E-state index in [9.17, 15) is 13.2 Å². The molecule has 0 fully saturated rings. The van der Waals surface area contributed by atoms with Crippen molar-refractivity contribution in [1.82, 2.24) is 16.2 Å². The Balaban J connectivity index is 1.92. The summed E-state index contributed by atoms with van der Waals surface area (Å²) >= 11 is 3.00. The van der Waals surface area contributed by atoms with Gasteiger partial charge in [-0.1, -0.05) is 40.2 Å². The number of halogens is 4.